The summed E-state index contributed by atoms with van der Waals surface area (Å²) in [7, 11) is 0. The number of rotatable bonds is 5. The fraction of sp³-hybridized carbons (Fsp3) is 0.0833. The highest BCUT2D eigenvalue weighted by Crippen LogP contribution is 2.37. The standard InChI is InChI=1S/C24H20N2O2S/c1-16-13-14-18(15-17(16)2)25-21-22(29-20-11-7-4-8-12-20)24(28)26(23(21)27)19-9-5-3-6-10-19/h3-15,25H,1-2H3. The summed E-state index contributed by atoms with van der Waals surface area (Å²) in [6, 6.07) is 24.5. The van der Waals surface area contributed by atoms with Crippen LogP contribution in [-0.2, 0) is 9.59 Å². The van der Waals surface area contributed by atoms with Crippen LogP contribution in [0.1, 0.15) is 11.1 Å². The lowest BCUT2D eigenvalue weighted by molar-refractivity contribution is -0.120. The SMILES string of the molecule is Cc1ccc(NC2=C(Sc3ccccc3)C(=O)N(c3ccccc3)C2=O)cc1C. The van der Waals surface area contributed by atoms with Gasteiger partial charge in [0, 0.05) is 10.6 Å². The van der Waals surface area contributed by atoms with E-state index >= 15 is 0 Å². The molecule has 0 saturated heterocycles. The molecule has 0 spiro atoms. The first-order valence-corrected chi connectivity index (χ1v) is 10.1. The van der Waals surface area contributed by atoms with Crippen LogP contribution in [0, 0.1) is 13.8 Å². The lowest BCUT2D eigenvalue weighted by atomic mass is 10.1. The number of carbonyl (C=O) groups excluding carboxylic acids is 2. The van der Waals surface area contributed by atoms with Gasteiger partial charge in [-0.2, -0.15) is 0 Å². The van der Waals surface area contributed by atoms with Crippen molar-refractivity contribution in [3.05, 3.63) is 101 Å². The lowest BCUT2D eigenvalue weighted by Crippen LogP contribution is -2.32. The Morgan fingerprint density at radius 1 is 0.759 bits per heavy atom. The molecule has 0 radical (unpaired) electrons. The second kappa shape index (κ2) is 7.97. The maximum atomic E-state index is 13.2. The molecule has 1 heterocycles. The first kappa shape index (κ1) is 19.0. The second-order valence-electron chi connectivity index (χ2n) is 6.82. The summed E-state index contributed by atoms with van der Waals surface area (Å²) in [6.07, 6.45) is 0. The highest BCUT2D eigenvalue weighted by molar-refractivity contribution is 8.04. The van der Waals surface area contributed by atoms with E-state index in [0.29, 0.717) is 16.3 Å². The summed E-state index contributed by atoms with van der Waals surface area (Å²) in [5.74, 6) is -0.667. The Labute approximate surface area is 174 Å². The molecule has 4 nitrogen and oxygen atoms in total. The maximum absolute atomic E-state index is 13.2. The molecule has 0 bridgehead atoms. The van der Waals surface area contributed by atoms with E-state index < -0.39 is 0 Å². The van der Waals surface area contributed by atoms with Crippen molar-refractivity contribution in [2.45, 2.75) is 18.7 Å². The van der Waals surface area contributed by atoms with Gasteiger partial charge in [-0.1, -0.05) is 54.2 Å². The van der Waals surface area contributed by atoms with Crippen molar-refractivity contribution in [3.8, 4) is 0 Å². The zero-order valence-corrected chi connectivity index (χ0v) is 17.0. The molecule has 3 aromatic carbocycles. The highest BCUT2D eigenvalue weighted by atomic mass is 32.2. The highest BCUT2D eigenvalue weighted by Gasteiger charge is 2.40. The number of imide groups is 1. The number of anilines is 2. The largest absolute Gasteiger partial charge is 0.350 e. The van der Waals surface area contributed by atoms with E-state index in [1.165, 1.54) is 22.2 Å². The molecular weight excluding hydrogens is 380 g/mol. The van der Waals surface area contributed by atoms with Gasteiger partial charge >= 0.3 is 0 Å². The molecule has 0 saturated carbocycles. The average Bonchev–Trinajstić information content (AvgIpc) is 2.96. The van der Waals surface area contributed by atoms with E-state index in [9.17, 15) is 9.59 Å². The number of amides is 2. The van der Waals surface area contributed by atoms with Gasteiger partial charge in [0.05, 0.1) is 5.69 Å². The third kappa shape index (κ3) is 3.82. The number of nitrogens with zero attached hydrogens (tertiary/aromatic N) is 1. The van der Waals surface area contributed by atoms with Gasteiger partial charge in [-0.15, -0.1) is 0 Å². The predicted molar refractivity (Wildman–Crippen MR) is 118 cm³/mol. The Balaban J connectivity index is 1.75. The van der Waals surface area contributed by atoms with E-state index in [1.807, 2.05) is 80.6 Å². The molecule has 1 aliphatic rings. The number of aryl methyl sites for hydroxylation is 2. The summed E-state index contributed by atoms with van der Waals surface area (Å²) >= 11 is 1.30. The van der Waals surface area contributed by atoms with Crippen molar-refractivity contribution in [1.29, 1.82) is 0 Å². The summed E-state index contributed by atoms with van der Waals surface area (Å²) in [6.45, 7) is 4.06. The van der Waals surface area contributed by atoms with Crippen LogP contribution in [0.4, 0.5) is 11.4 Å². The topological polar surface area (TPSA) is 49.4 Å². The van der Waals surface area contributed by atoms with Gasteiger partial charge < -0.3 is 5.32 Å². The van der Waals surface area contributed by atoms with E-state index in [0.717, 1.165) is 16.1 Å². The minimum absolute atomic E-state index is 0.302. The van der Waals surface area contributed by atoms with Crippen LogP contribution in [0.3, 0.4) is 0 Å². The van der Waals surface area contributed by atoms with Gasteiger partial charge in [-0.3, -0.25) is 9.59 Å². The molecule has 0 unspecified atom stereocenters. The second-order valence-corrected chi connectivity index (χ2v) is 7.91. The van der Waals surface area contributed by atoms with Gasteiger partial charge in [-0.25, -0.2) is 4.90 Å². The van der Waals surface area contributed by atoms with E-state index in [4.69, 9.17) is 0 Å². The van der Waals surface area contributed by atoms with Crippen LogP contribution < -0.4 is 10.2 Å². The van der Waals surface area contributed by atoms with Crippen molar-refractivity contribution in [2.24, 2.45) is 0 Å². The van der Waals surface area contributed by atoms with Crippen LogP contribution in [0.5, 0.6) is 0 Å². The summed E-state index contributed by atoms with van der Waals surface area (Å²) < 4.78 is 0. The monoisotopic (exact) mass is 400 g/mol. The van der Waals surface area contributed by atoms with Crippen LogP contribution in [-0.4, -0.2) is 11.8 Å². The van der Waals surface area contributed by atoms with Crippen LogP contribution in [0.2, 0.25) is 0 Å². The molecular formula is C24H20N2O2S. The number of para-hydroxylation sites is 1. The van der Waals surface area contributed by atoms with Crippen molar-refractivity contribution < 1.29 is 9.59 Å². The van der Waals surface area contributed by atoms with Gasteiger partial charge in [0.15, 0.2) is 0 Å². The number of carbonyl (C=O) groups is 2. The Morgan fingerprint density at radius 2 is 1.41 bits per heavy atom. The fourth-order valence-corrected chi connectivity index (χ4v) is 4.04. The predicted octanol–water partition coefficient (Wildman–Crippen LogP) is 5.29. The minimum Gasteiger partial charge on any atom is -0.350 e. The number of nitrogens with one attached hydrogen (secondary N) is 1. The molecule has 1 aliphatic heterocycles. The molecule has 144 valence electrons. The molecule has 5 heteroatoms. The summed E-state index contributed by atoms with van der Waals surface area (Å²) in [5, 5.41) is 3.21. The van der Waals surface area contributed by atoms with Crippen LogP contribution >= 0.6 is 11.8 Å². The fourth-order valence-electron chi connectivity index (χ4n) is 3.10. The third-order valence-corrected chi connectivity index (χ3v) is 5.89. The molecule has 0 atom stereocenters. The van der Waals surface area contributed by atoms with Crippen molar-refractivity contribution in [2.75, 3.05) is 10.2 Å². The molecule has 3 aromatic rings. The quantitative estimate of drug-likeness (QED) is 0.591. The van der Waals surface area contributed by atoms with Crippen molar-refractivity contribution in [3.63, 3.8) is 0 Å². The maximum Gasteiger partial charge on any atom is 0.283 e. The molecule has 0 aromatic heterocycles. The molecule has 4 rings (SSSR count). The van der Waals surface area contributed by atoms with Crippen molar-refractivity contribution >= 4 is 35.0 Å². The van der Waals surface area contributed by atoms with Gasteiger partial charge in [0.1, 0.15) is 10.6 Å². The lowest BCUT2D eigenvalue weighted by Gasteiger charge is -2.15. The minimum atomic E-state index is -0.349. The summed E-state index contributed by atoms with van der Waals surface area (Å²) in [4.78, 5) is 29.0. The Hall–Kier alpha value is -3.31. The number of hydrogen-bond donors (Lipinski definition) is 1. The molecule has 0 aliphatic carbocycles. The normalized spacial score (nSPS) is 13.9. The molecule has 2 amide bonds. The first-order chi connectivity index (χ1) is 14.0. The number of hydrogen-bond acceptors (Lipinski definition) is 4. The van der Waals surface area contributed by atoms with Gasteiger partial charge in [0.25, 0.3) is 11.8 Å². The zero-order valence-electron chi connectivity index (χ0n) is 16.2. The summed E-state index contributed by atoms with van der Waals surface area (Å²) in [5.41, 5.74) is 3.93. The van der Waals surface area contributed by atoms with Crippen LogP contribution in [0.25, 0.3) is 0 Å². The van der Waals surface area contributed by atoms with Gasteiger partial charge in [-0.05, 0) is 61.4 Å². The molecule has 0 fully saturated rings. The van der Waals surface area contributed by atoms with E-state index in [-0.39, 0.29) is 11.8 Å². The number of thioether (sulfide) groups is 1. The van der Waals surface area contributed by atoms with E-state index in [2.05, 4.69) is 5.32 Å². The molecule has 1 N–H and O–H groups in total. The first-order valence-electron chi connectivity index (χ1n) is 9.30. The molecule has 29 heavy (non-hydrogen) atoms. The van der Waals surface area contributed by atoms with Crippen molar-refractivity contribution in [1.82, 2.24) is 0 Å². The Kier molecular flexibility index (Phi) is 5.23. The Morgan fingerprint density at radius 3 is 2.07 bits per heavy atom. The third-order valence-electron chi connectivity index (χ3n) is 4.80. The smallest absolute Gasteiger partial charge is 0.283 e. The zero-order chi connectivity index (χ0) is 20.4. The van der Waals surface area contributed by atoms with Crippen LogP contribution in [0.15, 0.2) is 94.4 Å². The van der Waals surface area contributed by atoms with Gasteiger partial charge in [0.2, 0.25) is 0 Å². The average molecular weight is 401 g/mol. The Bertz CT molecular complexity index is 1110. The van der Waals surface area contributed by atoms with E-state index in [1.54, 1.807) is 12.1 Å². The number of benzene rings is 3.